The number of hydrogen-bond donors (Lipinski definition) is 0. The van der Waals surface area contributed by atoms with Crippen molar-refractivity contribution in [2.24, 2.45) is 0 Å². The molecule has 0 N–H and O–H groups in total. The summed E-state index contributed by atoms with van der Waals surface area (Å²) in [7, 11) is 0. The Kier molecular flexibility index (Phi) is 14.7. The summed E-state index contributed by atoms with van der Waals surface area (Å²) >= 11 is 0.980. The summed E-state index contributed by atoms with van der Waals surface area (Å²) in [5.74, 6) is -7.00. The first-order valence-corrected chi connectivity index (χ1v) is 22.6. The van der Waals surface area contributed by atoms with Gasteiger partial charge in [-0.25, -0.2) is 4.39 Å². The number of thioether (sulfide) groups is 1. The van der Waals surface area contributed by atoms with Crippen LogP contribution in [0.1, 0.15) is 74.7 Å². The summed E-state index contributed by atoms with van der Waals surface area (Å²) in [5.41, 5.74) is -0.452. The maximum absolute atomic E-state index is 14.3. The lowest BCUT2D eigenvalue weighted by atomic mass is 9.94. The molecule has 0 aromatic heterocycles. The molecule has 69 heavy (non-hydrogen) atoms. The number of carbonyl (C=O) groups is 8. The lowest BCUT2D eigenvalue weighted by Gasteiger charge is -2.49. The van der Waals surface area contributed by atoms with Gasteiger partial charge in [0.15, 0.2) is 24.6 Å². The van der Waals surface area contributed by atoms with Gasteiger partial charge in [0.2, 0.25) is 0 Å². The fraction of sp³-hybridized carbons (Fsp3) is 0.347. The molecule has 4 aromatic carbocycles. The Labute approximate surface area is 398 Å². The van der Waals surface area contributed by atoms with Crippen LogP contribution >= 0.6 is 11.8 Å². The highest BCUT2D eigenvalue weighted by Gasteiger charge is 2.59. The summed E-state index contributed by atoms with van der Waals surface area (Å²) in [6.45, 7) is 3.05. The molecule has 4 amide bonds. The third-order valence-electron chi connectivity index (χ3n) is 11.6. The highest BCUT2D eigenvalue weighted by molar-refractivity contribution is 7.99. The third-order valence-corrected chi connectivity index (χ3v) is 12.8. The average molecular weight is 969 g/mol. The van der Waals surface area contributed by atoms with Crippen molar-refractivity contribution in [3.05, 3.63) is 137 Å². The second kappa shape index (κ2) is 20.8. The van der Waals surface area contributed by atoms with Crippen LogP contribution in [-0.4, -0.2) is 131 Å². The molecule has 8 rings (SSSR count). The van der Waals surface area contributed by atoms with E-state index in [4.69, 9.17) is 37.9 Å². The molecule has 4 heterocycles. The van der Waals surface area contributed by atoms with E-state index in [0.717, 1.165) is 49.3 Å². The molecule has 4 aromatic rings. The predicted molar refractivity (Wildman–Crippen MR) is 235 cm³/mol. The summed E-state index contributed by atoms with van der Waals surface area (Å²) in [5, 5.41) is 0. The number of rotatable bonds is 15. The van der Waals surface area contributed by atoms with Crippen molar-refractivity contribution in [1.82, 2.24) is 9.80 Å². The van der Waals surface area contributed by atoms with E-state index in [1.807, 2.05) is 0 Å². The molecular formula is C49H45FN2O16S. The number of fused-ring (bicyclic) bond motifs is 2. The van der Waals surface area contributed by atoms with Crippen LogP contribution < -0.4 is 0 Å². The van der Waals surface area contributed by atoms with E-state index in [9.17, 15) is 42.7 Å². The Morgan fingerprint density at radius 3 is 1.51 bits per heavy atom. The molecule has 18 nitrogen and oxygen atoms in total. The molecule has 10 atom stereocenters. The Bertz CT molecular complexity index is 2580. The molecule has 0 spiro atoms. The van der Waals surface area contributed by atoms with Gasteiger partial charge in [-0.15, -0.1) is 0 Å². The average Bonchev–Trinajstić information content (AvgIpc) is 3.72. The van der Waals surface area contributed by atoms with Crippen molar-refractivity contribution < 1.29 is 80.6 Å². The summed E-state index contributed by atoms with van der Waals surface area (Å²) in [6.07, 6.45) is -10.7. The molecule has 4 aliphatic rings. The largest absolute Gasteiger partial charge is 0.463 e. The lowest BCUT2D eigenvalue weighted by Crippen LogP contribution is -2.68. The monoisotopic (exact) mass is 968 g/mol. The van der Waals surface area contributed by atoms with Crippen LogP contribution in [0.15, 0.2) is 108 Å². The lowest BCUT2D eigenvalue weighted by molar-refractivity contribution is -0.298. The Hall–Kier alpha value is -6.84. The van der Waals surface area contributed by atoms with E-state index in [0.29, 0.717) is 10.5 Å². The van der Waals surface area contributed by atoms with E-state index in [1.165, 1.54) is 48.5 Å². The molecule has 360 valence electrons. The summed E-state index contributed by atoms with van der Waals surface area (Å²) in [4.78, 5) is 110. The highest BCUT2D eigenvalue weighted by Crippen LogP contribution is 2.42. The first-order valence-electron chi connectivity index (χ1n) is 21.7. The van der Waals surface area contributed by atoms with Crippen LogP contribution in [0.25, 0.3) is 0 Å². The fourth-order valence-corrected chi connectivity index (χ4v) is 9.95. The second-order valence-electron chi connectivity index (χ2n) is 16.3. The van der Waals surface area contributed by atoms with Gasteiger partial charge in [0.05, 0.1) is 35.5 Å². The second-order valence-corrected chi connectivity index (χ2v) is 17.5. The first-order chi connectivity index (χ1) is 33.1. The highest BCUT2D eigenvalue weighted by atomic mass is 32.2. The normalized spacial score (nSPS) is 26.3. The maximum Gasteiger partial charge on any atom is 0.303 e. The smallest absolute Gasteiger partial charge is 0.303 e. The van der Waals surface area contributed by atoms with Crippen LogP contribution in [-0.2, 0) is 63.7 Å². The van der Waals surface area contributed by atoms with Crippen LogP contribution in [0.2, 0.25) is 0 Å². The first kappa shape index (κ1) is 48.6. The molecule has 0 aliphatic carbocycles. The zero-order chi connectivity index (χ0) is 49.1. The van der Waals surface area contributed by atoms with Crippen LogP contribution in [0.3, 0.4) is 0 Å². The number of ether oxygens (including phenoxy) is 8. The number of hydrogen-bond acceptors (Lipinski definition) is 17. The number of amides is 4. The van der Waals surface area contributed by atoms with Crippen molar-refractivity contribution >= 4 is 59.3 Å². The minimum atomic E-state index is -1.79. The van der Waals surface area contributed by atoms with E-state index in [2.05, 4.69) is 0 Å². The van der Waals surface area contributed by atoms with E-state index >= 15 is 0 Å². The third kappa shape index (κ3) is 10.3. The Morgan fingerprint density at radius 1 is 0.536 bits per heavy atom. The van der Waals surface area contributed by atoms with Crippen molar-refractivity contribution in [3.8, 4) is 0 Å². The van der Waals surface area contributed by atoms with Gasteiger partial charge in [-0.3, -0.25) is 48.2 Å². The van der Waals surface area contributed by atoms with E-state index in [1.54, 1.807) is 54.6 Å². The molecule has 0 radical (unpaired) electrons. The quantitative estimate of drug-likeness (QED) is 0.0899. The standard InChI is InChI=1S/C49H45FN2O16S/c1-25(53)61-23-37-41(64-26(2)54)42(65-27(3)55)38(51-44(57)32-14-8-9-15-33(32)45(51)58)48(67-37)63-24-36-40(62-22-29-12-6-5-7-13-29)43(66-28(4)56)39(49(68-36)69-31-20-18-30(50)19-21-31)52-46(59)34-16-10-11-17-35(34)47(52)60/h5-21,36-43,48-49H,22-24H2,1-4H3/t36?,37?,38-,39-,40+,41+,42+,43+,48?,49?/m0/s1. The van der Waals surface area contributed by atoms with Gasteiger partial charge < -0.3 is 37.9 Å². The van der Waals surface area contributed by atoms with Gasteiger partial charge in [-0.1, -0.05) is 66.4 Å². The number of carbonyl (C=O) groups excluding carboxylic acids is 8. The van der Waals surface area contributed by atoms with Crippen molar-refractivity contribution in [2.45, 2.75) is 99.6 Å². The molecule has 4 unspecified atom stereocenters. The van der Waals surface area contributed by atoms with Gasteiger partial charge in [0.25, 0.3) is 23.6 Å². The molecule has 20 heteroatoms. The number of esters is 4. The predicted octanol–water partition coefficient (Wildman–Crippen LogP) is 4.66. The number of benzene rings is 4. The van der Waals surface area contributed by atoms with Gasteiger partial charge in [0, 0.05) is 32.6 Å². The van der Waals surface area contributed by atoms with Gasteiger partial charge in [-0.2, -0.15) is 0 Å². The number of nitrogens with zero attached hydrogens (tertiary/aromatic N) is 2. The maximum atomic E-state index is 14.3. The minimum absolute atomic E-state index is 0.00275. The zero-order valence-electron chi connectivity index (χ0n) is 37.4. The molecule has 0 bridgehead atoms. The van der Waals surface area contributed by atoms with E-state index < -0.39 is 127 Å². The SMILES string of the molecule is CC(=O)OCC1OC(OCC2OC(Sc3ccc(F)cc3)[C@@H](N3C(=O)c4ccccc4C3=O)[C@@H](OC(C)=O)[C@@H]2OCc2ccccc2)[C@@H](N2C(=O)c3ccccc3C2=O)[C@@H](OC(C)=O)[C@@H]1OC(C)=O. The molecule has 4 aliphatic heterocycles. The van der Waals surface area contributed by atoms with Crippen LogP contribution in [0, 0.1) is 5.82 Å². The van der Waals surface area contributed by atoms with Crippen molar-refractivity contribution in [3.63, 3.8) is 0 Å². The summed E-state index contributed by atoms with van der Waals surface area (Å²) in [6, 6.07) is 23.2. The van der Waals surface area contributed by atoms with Crippen molar-refractivity contribution in [1.29, 1.82) is 0 Å². The minimum Gasteiger partial charge on any atom is -0.463 e. The van der Waals surface area contributed by atoms with Crippen LogP contribution in [0.5, 0.6) is 0 Å². The van der Waals surface area contributed by atoms with Gasteiger partial charge in [-0.05, 0) is 54.1 Å². The van der Waals surface area contributed by atoms with Gasteiger partial charge in [0.1, 0.15) is 48.3 Å². The van der Waals surface area contributed by atoms with Crippen LogP contribution in [0.4, 0.5) is 4.39 Å². The number of imide groups is 2. The topological polar surface area (TPSA) is 217 Å². The molecule has 0 saturated carbocycles. The van der Waals surface area contributed by atoms with Gasteiger partial charge >= 0.3 is 23.9 Å². The van der Waals surface area contributed by atoms with Crippen molar-refractivity contribution in [2.75, 3.05) is 13.2 Å². The fourth-order valence-electron chi connectivity index (χ4n) is 8.78. The Morgan fingerprint density at radius 2 is 1.00 bits per heavy atom. The zero-order valence-corrected chi connectivity index (χ0v) is 38.2. The molecular weight excluding hydrogens is 924 g/mol. The molecule has 2 saturated heterocycles. The molecule has 2 fully saturated rings. The van der Waals surface area contributed by atoms with E-state index in [-0.39, 0.29) is 28.9 Å². The number of halogens is 1. The summed E-state index contributed by atoms with van der Waals surface area (Å²) < 4.78 is 63.4. The Balaban J connectivity index is 1.23.